The van der Waals surface area contributed by atoms with Crippen LogP contribution in [0.15, 0.2) is 48.7 Å². The second kappa shape index (κ2) is 9.13. The van der Waals surface area contributed by atoms with Gasteiger partial charge in [-0.15, -0.1) is 10.2 Å². The van der Waals surface area contributed by atoms with E-state index in [0.29, 0.717) is 43.2 Å². The average Bonchev–Trinajstić information content (AvgIpc) is 3.20. The highest BCUT2D eigenvalue weighted by atomic mass is 32.1. The number of pyridine rings is 1. The number of piperidine rings is 1. The first-order valence-corrected chi connectivity index (χ1v) is 10.8. The summed E-state index contributed by atoms with van der Waals surface area (Å²) in [5.74, 6) is -0.278. The molecule has 1 fully saturated rings. The minimum absolute atomic E-state index is 0.0572. The maximum atomic E-state index is 12.6. The van der Waals surface area contributed by atoms with E-state index in [1.807, 2.05) is 6.07 Å². The lowest BCUT2D eigenvalue weighted by Crippen LogP contribution is -2.41. The van der Waals surface area contributed by atoms with Gasteiger partial charge in [0, 0.05) is 31.6 Å². The van der Waals surface area contributed by atoms with Gasteiger partial charge in [-0.05, 0) is 37.5 Å². The molecule has 7 nitrogen and oxygen atoms in total. The Morgan fingerprint density at radius 3 is 2.70 bits per heavy atom. The summed E-state index contributed by atoms with van der Waals surface area (Å²) in [5, 5.41) is 12.6. The molecule has 4 rings (SSSR count). The van der Waals surface area contributed by atoms with Gasteiger partial charge in [-0.1, -0.05) is 47.2 Å². The standard InChI is InChI=1S/C22H23N5O2S/c1-15-5-4-6-16(13-15)14-19-25-26-22(30-19)24-20(28)17-8-11-27(12-9-17)21(29)18-7-2-3-10-23-18/h2-7,10,13,17H,8-9,11-12,14H2,1H3,(H,24,26,28). The van der Waals surface area contributed by atoms with Gasteiger partial charge in [0.1, 0.15) is 10.7 Å². The molecule has 1 aliphatic heterocycles. The second-order valence-electron chi connectivity index (χ2n) is 7.44. The van der Waals surface area contributed by atoms with Gasteiger partial charge in [-0.25, -0.2) is 0 Å². The molecule has 0 saturated carbocycles. The zero-order valence-corrected chi connectivity index (χ0v) is 17.6. The van der Waals surface area contributed by atoms with E-state index in [9.17, 15) is 9.59 Å². The highest BCUT2D eigenvalue weighted by Crippen LogP contribution is 2.23. The lowest BCUT2D eigenvalue weighted by atomic mass is 9.96. The van der Waals surface area contributed by atoms with Crippen LogP contribution < -0.4 is 5.32 Å². The van der Waals surface area contributed by atoms with Crippen molar-refractivity contribution in [1.82, 2.24) is 20.1 Å². The van der Waals surface area contributed by atoms with Gasteiger partial charge in [0.15, 0.2) is 0 Å². The number of hydrogen-bond donors (Lipinski definition) is 1. The summed E-state index contributed by atoms with van der Waals surface area (Å²) in [6.07, 6.45) is 3.56. The number of hydrogen-bond acceptors (Lipinski definition) is 6. The smallest absolute Gasteiger partial charge is 0.272 e. The Morgan fingerprint density at radius 2 is 1.97 bits per heavy atom. The Bertz CT molecular complexity index is 1030. The van der Waals surface area contributed by atoms with Crippen LogP contribution in [-0.4, -0.2) is 45.0 Å². The number of nitrogens with one attached hydrogen (secondary N) is 1. The number of rotatable bonds is 5. The van der Waals surface area contributed by atoms with Crippen molar-refractivity contribution in [2.24, 2.45) is 5.92 Å². The molecule has 0 atom stereocenters. The fourth-order valence-corrected chi connectivity index (χ4v) is 4.35. The molecule has 3 heterocycles. The molecule has 30 heavy (non-hydrogen) atoms. The van der Waals surface area contributed by atoms with Gasteiger partial charge >= 0.3 is 0 Å². The highest BCUT2D eigenvalue weighted by molar-refractivity contribution is 7.15. The molecule has 0 spiro atoms. The van der Waals surface area contributed by atoms with Crippen molar-refractivity contribution in [2.75, 3.05) is 18.4 Å². The fraction of sp³-hybridized carbons (Fsp3) is 0.318. The molecule has 1 aliphatic rings. The zero-order valence-electron chi connectivity index (χ0n) is 16.7. The molecule has 1 saturated heterocycles. The van der Waals surface area contributed by atoms with Crippen LogP contribution in [-0.2, 0) is 11.2 Å². The van der Waals surface area contributed by atoms with E-state index in [2.05, 4.69) is 45.6 Å². The number of carbonyl (C=O) groups excluding carboxylic acids is 2. The molecule has 3 aromatic rings. The van der Waals surface area contributed by atoms with Crippen LogP contribution in [0.5, 0.6) is 0 Å². The lowest BCUT2D eigenvalue weighted by Gasteiger charge is -2.30. The summed E-state index contributed by atoms with van der Waals surface area (Å²) in [7, 11) is 0. The van der Waals surface area contributed by atoms with Crippen LogP contribution in [0.25, 0.3) is 0 Å². The average molecular weight is 422 g/mol. The maximum Gasteiger partial charge on any atom is 0.272 e. The van der Waals surface area contributed by atoms with Gasteiger partial charge in [0.25, 0.3) is 5.91 Å². The SMILES string of the molecule is Cc1cccc(Cc2nnc(NC(=O)C3CCN(C(=O)c4ccccn4)CC3)s2)c1. The number of carbonyl (C=O) groups is 2. The topological polar surface area (TPSA) is 88.1 Å². The van der Waals surface area contributed by atoms with Crippen molar-refractivity contribution in [1.29, 1.82) is 0 Å². The summed E-state index contributed by atoms with van der Waals surface area (Å²) in [5.41, 5.74) is 2.82. The number of anilines is 1. The van der Waals surface area contributed by atoms with E-state index < -0.39 is 0 Å². The van der Waals surface area contributed by atoms with Gasteiger partial charge in [-0.2, -0.15) is 0 Å². The van der Waals surface area contributed by atoms with Gasteiger partial charge in [-0.3, -0.25) is 14.6 Å². The number of benzene rings is 1. The van der Waals surface area contributed by atoms with Crippen molar-refractivity contribution in [3.05, 3.63) is 70.5 Å². The first kappa shape index (κ1) is 20.2. The Balaban J connectivity index is 1.29. The minimum Gasteiger partial charge on any atom is -0.337 e. The van der Waals surface area contributed by atoms with E-state index >= 15 is 0 Å². The van der Waals surface area contributed by atoms with Crippen molar-refractivity contribution in [3.63, 3.8) is 0 Å². The van der Waals surface area contributed by atoms with Crippen LogP contribution in [0.3, 0.4) is 0 Å². The fourth-order valence-electron chi connectivity index (χ4n) is 3.58. The monoisotopic (exact) mass is 421 g/mol. The Hall–Kier alpha value is -3.13. The van der Waals surface area contributed by atoms with Crippen molar-refractivity contribution < 1.29 is 9.59 Å². The van der Waals surface area contributed by atoms with E-state index in [-0.39, 0.29) is 17.7 Å². The summed E-state index contributed by atoms with van der Waals surface area (Å²) in [6, 6.07) is 13.6. The molecule has 1 N–H and O–H groups in total. The van der Waals surface area contributed by atoms with Crippen molar-refractivity contribution in [3.8, 4) is 0 Å². The number of aromatic nitrogens is 3. The molecule has 8 heteroatoms. The predicted octanol–water partition coefficient (Wildman–Crippen LogP) is 3.32. The van der Waals surface area contributed by atoms with Crippen LogP contribution in [0.2, 0.25) is 0 Å². The first-order chi connectivity index (χ1) is 14.6. The third kappa shape index (κ3) is 4.88. The van der Waals surface area contributed by atoms with E-state index in [4.69, 9.17) is 0 Å². The molecule has 0 radical (unpaired) electrons. The summed E-state index contributed by atoms with van der Waals surface area (Å²) in [4.78, 5) is 31.0. The van der Waals surface area contributed by atoms with Gasteiger partial charge in [0.2, 0.25) is 11.0 Å². The van der Waals surface area contributed by atoms with E-state index in [1.165, 1.54) is 22.5 Å². The number of amides is 2. The van der Waals surface area contributed by atoms with Gasteiger partial charge in [0.05, 0.1) is 0 Å². The minimum atomic E-state index is -0.137. The quantitative estimate of drug-likeness (QED) is 0.683. The number of aryl methyl sites for hydroxylation is 1. The second-order valence-corrected chi connectivity index (χ2v) is 8.50. The zero-order chi connectivity index (χ0) is 20.9. The van der Waals surface area contributed by atoms with Crippen LogP contribution >= 0.6 is 11.3 Å². The normalized spacial score (nSPS) is 14.5. The number of likely N-dealkylation sites (tertiary alicyclic amines) is 1. The van der Waals surface area contributed by atoms with E-state index in [0.717, 1.165) is 5.01 Å². The summed E-state index contributed by atoms with van der Waals surface area (Å²) in [6.45, 7) is 3.15. The van der Waals surface area contributed by atoms with Crippen LogP contribution in [0, 0.1) is 12.8 Å². The molecule has 154 valence electrons. The molecule has 0 bridgehead atoms. The Kier molecular flexibility index (Phi) is 6.13. The molecule has 2 aromatic heterocycles. The molecular weight excluding hydrogens is 398 g/mol. The lowest BCUT2D eigenvalue weighted by molar-refractivity contribution is -0.121. The Labute approximate surface area is 179 Å². The molecule has 2 amide bonds. The van der Waals surface area contributed by atoms with Crippen molar-refractivity contribution >= 4 is 28.3 Å². The van der Waals surface area contributed by atoms with Crippen LogP contribution in [0.4, 0.5) is 5.13 Å². The van der Waals surface area contributed by atoms with Crippen molar-refractivity contribution in [2.45, 2.75) is 26.2 Å². The molecule has 0 unspecified atom stereocenters. The maximum absolute atomic E-state index is 12.6. The van der Waals surface area contributed by atoms with Crippen LogP contribution in [0.1, 0.15) is 39.5 Å². The van der Waals surface area contributed by atoms with E-state index in [1.54, 1.807) is 29.3 Å². The summed E-state index contributed by atoms with van der Waals surface area (Å²) >= 11 is 1.40. The third-order valence-electron chi connectivity index (χ3n) is 5.17. The Morgan fingerprint density at radius 1 is 1.13 bits per heavy atom. The third-order valence-corrected chi connectivity index (χ3v) is 6.01. The molecular formula is C22H23N5O2S. The number of nitrogens with zero attached hydrogens (tertiary/aromatic N) is 4. The van der Waals surface area contributed by atoms with Gasteiger partial charge < -0.3 is 10.2 Å². The predicted molar refractivity (Wildman–Crippen MR) is 115 cm³/mol. The largest absolute Gasteiger partial charge is 0.337 e. The summed E-state index contributed by atoms with van der Waals surface area (Å²) < 4.78 is 0. The molecule has 1 aromatic carbocycles. The first-order valence-electron chi connectivity index (χ1n) is 9.97. The highest BCUT2D eigenvalue weighted by Gasteiger charge is 2.28. The molecule has 0 aliphatic carbocycles.